The summed E-state index contributed by atoms with van der Waals surface area (Å²) in [6.07, 6.45) is -1.53. The Morgan fingerprint density at radius 2 is 1.73 bits per heavy atom. The van der Waals surface area contributed by atoms with Gasteiger partial charge in [0.05, 0.1) is 18.9 Å². The molecule has 0 aliphatic carbocycles. The number of halogens is 1. The molecule has 2 aliphatic heterocycles. The predicted octanol–water partition coefficient (Wildman–Crippen LogP) is 4.14. The minimum Gasteiger partial charge on any atom is -0.489 e. The van der Waals surface area contributed by atoms with Crippen molar-refractivity contribution in [3.8, 4) is 11.6 Å². The first-order valence-electron chi connectivity index (χ1n) is 11.9. The lowest BCUT2D eigenvalue weighted by Crippen LogP contribution is -2.33. The molecule has 37 heavy (non-hydrogen) atoms. The summed E-state index contributed by atoms with van der Waals surface area (Å²) in [6, 6.07) is 19.3. The number of aliphatic hydroxyl groups excluding tert-OH is 1. The van der Waals surface area contributed by atoms with Crippen LogP contribution in [-0.2, 0) is 27.4 Å². The van der Waals surface area contributed by atoms with Crippen LogP contribution in [0.5, 0.6) is 11.6 Å². The highest BCUT2D eigenvalue weighted by Crippen LogP contribution is 2.33. The quantitative estimate of drug-likeness (QED) is 0.284. The van der Waals surface area contributed by atoms with E-state index >= 15 is 0 Å². The van der Waals surface area contributed by atoms with Crippen molar-refractivity contribution in [2.75, 3.05) is 25.3 Å². The van der Waals surface area contributed by atoms with Crippen LogP contribution in [0.4, 0.5) is 11.5 Å². The molecular formula is C27H28ClN3O6. The topological polar surface area (TPSA) is 104 Å². The number of aliphatic hydroxyl groups is 1. The molecule has 0 saturated carbocycles. The van der Waals surface area contributed by atoms with E-state index in [1.807, 2.05) is 54.6 Å². The summed E-state index contributed by atoms with van der Waals surface area (Å²) in [5, 5.41) is 13.3. The molecule has 0 radical (unpaired) electrons. The number of fused-ring (bicyclic) bond motifs is 1. The van der Waals surface area contributed by atoms with E-state index in [-0.39, 0.29) is 44.1 Å². The number of hydrogen-bond donors (Lipinski definition) is 2. The molecule has 2 aliphatic rings. The van der Waals surface area contributed by atoms with Gasteiger partial charge in [-0.15, -0.1) is 0 Å². The molecule has 0 unspecified atom stereocenters. The van der Waals surface area contributed by atoms with Crippen molar-refractivity contribution >= 4 is 29.8 Å². The number of ether oxygens (including phenoxy) is 5. The molecule has 0 amide bonds. The van der Waals surface area contributed by atoms with Gasteiger partial charge in [-0.05, 0) is 36.0 Å². The lowest BCUT2D eigenvalue weighted by molar-refractivity contribution is -0.0311. The first-order valence-corrected chi connectivity index (χ1v) is 12.3. The Kier molecular flexibility index (Phi) is 8.18. The average Bonchev–Trinajstić information content (AvgIpc) is 3.51. The number of pyridine rings is 1. The van der Waals surface area contributed by atoms with Crippen LogP contribution in [0, 0.1) is 0 Å². The van der Waals surface area contributed by atoms with E-state index in [9.17, 15) is 5.11 Å². The number of nitrogens with one attached hydrogen (secondary N) is 1. The summed E-state index contributed by atoms with van der Waals surface area (Å²) in [7, 11) is 0. The molecule has 0 bridgehead atoms. The van der Waals surface area contributed by atoms with Gasteiger partial charge in [-0.25, -0.2) is 4.99 Å². The zero-order chi connectivity index (χ0) is 25.6. The van der Waals surface area contributed by atoms with Crippen LogP contribution in [0.3, 0.4) is 0 Å². The molecule has 2 aromatic carbocycles. The molecule has 2 saturated heterocycles. The number of hydrogen-bond acceptors (Lipinski definition) is 9. The fourth-order valence-corrected chi connectivity index (χ4v) is 4.41. The second-order valence-corrected chi connectivity index (χ2v) is 9.11. The Labute approximate surface area is 220 Å². The smallest absolute Gasteiger partial charge is 0.235 e. The van der Waals surface area contributed by atoms with Crippen LogP contribution in [-0.4, -0.2) is 61.2 Å². The highest BCUT2D eigenvalue weighted by Gasteiger charge is 2.47. The van der Waals surface area contributed by atoms with E-state index in [1.54, 1.807) is 6.07 Å². The highest BCUT2D eigenvalue weighted by atomic mass is 35.5. The van der Waals surface area contributed by atoms with E-state index in [0.29, 0.717) is 29.7 Å². The summed E-state index contributed by atoms with van der Waals surface area (Å²) in [4.78, 5) is 8.37. The largest absolute Gasteiger partial charge is 0.489 e. The van der Waals surface area contributed by atoms with Gasteiger partial charge in [-0.3, -0.25) is 0 Å². The molecule has 10 heteroatoms. The normalized spacial score (nSPS) is 22.4. The summed E-state index contributed by atoms with van der Waals surface area (Å²) in [5.41, 5.74) is 2.59. The average molecular weight is 526 g/mol. The molecule has 1 aromatic heterocycles. The maximum Gasteiger partial charge on any atom is 0.235 e. The Hall–Kier alpha value is -3.21. The fraction of sp³-hybridized carbons (Fsp3) is 0.333. The number of benzene rings is 2. The number of aromatic nitrogens is 1. The Bertz CT molecular complexity index is 1200. The van der Waals surface area contributed by atoms with Crippen LogP contribution < -0.4 is 14.8 Å². The van der Waals surface area contributed by atoms with Gasteiger partial charge in [0.2, 0.25) is 5.88 Å². The summed E-state index contributed by atoms with van der Waals surface area (Å²) >= 11 is 6.43. The van der Waals surface area contributed by atoms with Crippen LogP contribution >= 0.6 is 11.6 Å². The summed E-state index contributed by atoms with van der Waals surface area (Å²) in [6.45, 7) is 5.12. The van der Waals surface area contributed by atoms with E-state index < -0.39 is 6.10 Å². The molecule has 9 nitrogen and oxygen atoms in total. The van der Waals surface area contributed by atoms with Crippen molar-refractivity contribution in [2.45, 2.75) is 37.6 Å². The van der Waals surface area contributed by atoms with Gasteiger partial charge in [0, 0.05) is 0 Å². The van der Waals surface area contributed by atoms with Gasteiger partial charge in [0.15, 0.2) is 5.82 Å². The zero-order valence-electron chi connectivity index (χ0n) is 20.1. The van der Waals surface area contributed by atoms with Gasteiger partial charge in [0.25, 0.3) is 0 Å². The van der Waals surface area contributed by atoms with E-state index in [4.69, 9.17) is 35.3 Å². The number of anilines is 1. The van der Waals surface area contributed by atoms with Crippen molar-refractivity contribution in [3.05, 3.63) is 76.8 Å². The van der Waals surface area contributed by atoms with Crippen molar-refractivity contribution in [3.63, 3.8) is 0 Å². The second kappa shape index (κ2) is 11.9. The Morgan fingerprint density at radius 3 is 2.51 bits per heavy atom. The third kappa shape index (κ3) is 6.20. The van der Waals surface area contributed by atoms with Gasteiger partial charge in [-0.2, -0.15) is 4.98 Å². The molecule has 3 aromatic rings. The maximum atomic E-state index is 9.85. The molecule has 4 atom stereocenters. The van der Waals surface area contributed by atoms with Crippen LogP contribution in [0.25, 0.3) is 0 Å². The predicted molar refractivity (Wildman–Crippen MR) is 139 cm³/mol. The second-order valence-electron chi connectivity index (χ2n) is 8.70. The third-order valence-electron chi connectivity index (χ3n) is 6.16. The van der Waals surface area contributed by atoms with Crippen molar-refractivity contribution in [1.29, 1.82) is 0 Å². The van der Waals surface area contributed by atoms with Gasteiger partial charge in [0.1, 0.15) is 55.1 Å². The summed E-state index contributed by atoms with van der Waals surface area (Å²) in [5.74, 6) is 1.36. The molecule has 2 N–H and O–H groups in total. The number of aliphatic imine (C=N–C) groups is 1. The van der Waals surface area contributed by atoms with Crippen LogP contribution in [0.2, 0.25) is 5.02 Å². The van der Waals surface area contributed by atoms with Gasteiger partial charge < -0.3 is 34.1 Å². The summed E-state index contributed by atoms with van der Waals surface area (Å²) < 4.78 is 28.7. The standard InChI is InChI=1S/C27H28ClN3O6/c1-29-26-21(30-16-37-23-15-35-24-22(32)14-34-25(23)24)11-20(28)27(31-26)36-13-18-7-9-19(10-8-18)33-12-17-5-3-2-4-6-17/h2-11,22-25,30,32H,1,12-16H2/t22-,23-,24-,25-/m1/s1. The first-order chi connectivity index (χ1) is 18.1. The molecular weight excluding hydrogens is 498 g/mol. The first kappa shape index (κ1) is 25.4. The van der Waals surface area contributed by atoms with E-state index in [0.717, 1.165) is 16.9 Å². The van der Waals surface area contributed by atoms with Crippen molar-refractivity contribution in [1.82, 2.24) is 4.98 Å². The highest BCUT2D eigenvalue weighted by molar-refractivity contribution is 6.32. The molecule has 3 heterocycles. The lowest BCUT2D eigenvalue weighted by atomic mass is 10.1. The fourth-order valence-electron chi connectivity index (χ4n) is 4.20. The minimum atomic E-state index is -0.621. The zero-order valence-corrected chi connectivity index (χ0v) is 20.8. The van der Waals surface area contributed by atoms with Gasteiger partial charge in [-0.1, -0.05) is 54.1 Å². The van der Waals surface area contributed by atoms with Crippen molar-refractivity contribution in [2.24, 2.45) is 4.99 Å². The van der Waals surface area contributed by atoms with E-state index in [2.05, 4.69) is 22.0 Å². The maximum absolute atomic E-state index is 9.85. The van der Waals surface area contributed by atoms with Gasteiger partial charge >= 0.3 is 0 Å². The van der Waals surface area contributed by atoms with Crippen LogP contribution in [0.1, 0.15) is 11.1 Å². The lowest BCUT2D eigenvalue weighted by Gasteiger charge is -2.18. The van der Waals surface area contributed by atoms with E-state index in [1.165, 1.54) is 0 Å². The monoisotopic (exact) mass is 525 g/mol. The minimum absolute atomic E-state index is 0.149. The Balaban J connectivity index is 1.12. The third-order valence-corrected chi connectivity index (χ3v) is 6.43. The molecule has 5 rings (SSSR count). The SMILES string of the molecule is C=Nc1nc(OCc2ccc(OCc3ccccc3)cc2)c(Cl)cc1NCO[C@@H]1CO[C@H]2[C@@H]1OC[C@H]2O. The van der Waals surface area contributed by atoms with Crippen molar-refractivity contribution < 1.29 is 28.8 Å². The molecule has 0 spiro atoms. The number of nitrogens with zero attached hydrogens (tertiary/aromatic N) is 2. The number of rotatable bonds is 11. The Morgan fingerprint density at radius 1 is 1.00 bits per heavy atom. The molecule has 2 fully saturated rings. The van der Waals surface area contributed by atoms with Crippen LogP contribution in [0.15, 0.2) is 65.7 Å². The molecule has 194 valence electrons.